The summed E-state index contributed by atoms with van der Waals surface area (Å²) in [6.45, 7) is 4.40. The molecule has 0 saturated heterocycles. The van der Waals surface area contributed by atoms with Crippen molar-refractivity contribution in [2.75, 3.05) is 7.11 Å². The van der Waals surface area contributed by atoms with E-state index in [0.29, 0.717) is 0 Å². The molecule has 0 aliphatic rings. The molecule has 8 heavy (non-hydrogen) atoms. The summed E-state index contributed by atoms with van der Waals surface area (Å²) < 4.78 is 5.19. The third-order valence-corrected chi connectivity index (χ3v) is 3.73. The van der Waals surface area contributed by atoms with Crippen LogP contribution >= 0.6 is 12.4 Å². The molecule has 0 N–H and O–H groups in total. The maximum absolute atomic E-state index is 5.19. The van der Waals surface area contributed by atoms with E-state index in [0.717, 1.165) is 0 Å². The molecule has 0 aromatic carbocycles. The summed E-state index contributed by atoms with van der Waals surface area (Å²) >= 11 is -0.671. The highest BCUT2D eigenvalue weighted by Gasteiger charge is 2.10. The van der Waals surface area contributed by atoms with Gasteiger partial charge in [0.2, 0.25) is 0 Å². The van der Waals surface area contributed by atoms with E-state index in [1.807, 2.05) is 7.11 Å². The molecule has 0 heterocycles. The first-order valence-corrected chi connectivity index (χ1v) is 4.98. The predicted molar refractivity (Wildman–Crippen MR) is 41.0 cm³/mol. The monoisotopic (exact) mass is 152 g/mol. The van der Waals surface area contributed by atoms with E-state index in [2.05, 4.69) is 13.8 Å². The first-order valence-electron chi connectivity index (χ1n) is 2.87. The van der Waals surface area contributed by atoms with Crippen molar-refractivity contribution in [2.24, 2.45) is 0 Å². The standard InChI is InChI=1S/2C2H5.CH3O.Al.ClH/c3*1-2;;/h2*1H2,2H3;1H3;;1H/q;;-1;+1;. The summed E-state index contributed by atoms with van der Waals surface area (Å²) in [6.07, 6.45) is 0. The number of rotatable bonds is 3. The molecule has 0 unspecified atom stereocenters. The van der Waals surface area contributed by atoms with Crippen molar-refractivity contribution in [1.29, 1.82) is 0 Å². The molecule has 0 rings (SSSR count). The summed E-state index contributed by atoms with van der Waals surface area (Å²) in [5.74, 6) is 0. The Kier molecular flexibility index (Phi) is 11.2. The minimum absolute atomic E-state index is 0. The third-order valence-electron chi connectivity index (χ3n) is 1.24. The molecule has 3 heteroatoms. The largest absolute Gasteiger partial charge is 0.503 e. The lowest BCUT2D eigenvalue weighted by Gasteiger charge is -1.99. The van der Waals surface area contributed by atoms with Crippen molar-refractivity contribution in [3.63, 3.8) is 0 Å². The number of halogens is 1. The van der Waals surface area contributed by atoms with Crippen LogP contribution in [0, 0.1) is 0 Å². The Balaban J connectivity index is 0. The molecule has 0 aliphatic heterocycles. The van der Waals surface area contributed by atoms with Crippen LogP contribution in [0.2, 0.25) is 10.6 Å². The van der Waals surface area contributed by atoms with Crippen LogP contribution < -0.4 is 0 Å². The Labute approximate surface area is 62.6 Å². The predicted octanol–water partition coefficient (Wildman–Crippen LogP) is 2.09. The molecule has 0 amide bonds. The Morgan fingerprint density at radius 2 is 1.62 bits per heavy atom. The average Bonchev–Trinajstić information content (AvgIpc) is 1.72. The molecule has 0 aliphatic carbocycles. The number of hydrogen-bond donors (Lipinski definition) is 0. The maximum atomic E-state index is 5.19. The van der Waals surface area contributed by atoms with Crippen LogP contribution in [-0.4, -0.2) is 21.6 Å². The summed E-state index contributed by atoms with van der Waals surface area (Å²) in [6, 6.07) is 0. The highest BCUT2D eigenvalue weighted by molar-refractivity contribution is 6.51. The van der Waals surface area contributed by atoms with E-state index in [-0.39, 0.29) is 12.4 Å². The average molecular weight is 153 g/mol. The first kappa shape index (κ1) is 11.6. The molecule has 0 fully saturated rings. The quantitative estimate of drug-likeness (QED) is 0.563. The Morgan fingerprint density at radius 3 is 1.62 bits per heavy atom. The van der Waals surface area contributed by atoms with Crippen molar-refractivity contribution in [2.45, 2.75) is 24.4 Å². The molecule has 0 aromatic heterocycles. The van der Waals surface area contributed by atoms with Crippen LogP contribution in [0.15, 0.2) is 0 Å². The van der Waals surface area contributed by atoms with E-state index in [4.69, 9.17) is 3.79 Å². The normalized spacial score (nSPS) is 7.88. The van der Waals surface area contributed by atoms with Gasteiger partial charge in [-0.05, 0) is 0 Å². The molecule has 0 aromatic rings. The SMILES string of the molecule is C[CH2][Al]([CH2]C)[O]C.Cl. The van der Waals surface area contributed by atoms with Gasteiger partial charge in [-0.1, -0.05) is 24.4 Å². The van der Waals surface area contributed by atoms with Gasteiger partial charge in [-0.15, -0.1) is 12.4 Å². The zero-order valence-corrected chi connectivity index (χ0v) is 7.78. The lowest BCUT2D eigenvalue weighted by atomic mass is 10.9. The van der Waals surface area contributed by atoms with Crippen molar-refractivity contribution >= 4 is 26.9 Å². The van der Waals surface area contributed by atoms with Gasteiger partial charge in [-0.2, -0.15) is 0 Å². The van der Waals surface area contributed by atoms with Gasteiger partial charge in [0.1, 0.15) is 0 Å². The van der Waals surface area contributed by atoms with Crippen molar-refractivity contribution in [3.8, 4) is 0 Å². The van der Waals surface area contributed by atoms with Crippen LogP contribution in [0.3, 0.4) is 0 Å². The lowest BCUT2D eigenvalue weighted by Crippen LogP contribution is -2.11. The Bertz CT molecular complexity index is 33.9. The summed E-state index contributed by atoms with van der Waals surface area (Å²) in [4.78, 5) is 0. The lowest BCUT2D eigenvalue weighted by molar-refractivity contribution is 0.420. The van der Waals surface area contributed by atoms with Gasteiger partial charge in [0.25, 0.3) is 0 Å². The van der Waals surface area contributed by atoms with Crippen LogP contribution in [0.4, 0.5) is 0 Å². The highest BCUT2D eigenvalue weighted by Crippen LogP contribution is 1.95. The fourth-order valence-electron chi connectivity index (χ4n) is 0.622. The van der Waals surface area contributed by atoms with Crippen LogP contribution in [0.25, 0.3) is 0 Å². The Morgan fingerprint density at radius 1 is 1.25 bits per heavy atom. The summed E-state index contributed by atoms with van der Waals surface area (Å²) in [5, 5.41) is 2.54. The van der Waals surface area contributed by atoms with Gasteiger partial charge in [0.15, 0.2) is 0 Å². The number of hydrogen-bond acceptors (Lipinski definition) is 1. The topological polar surface area (TPSA) is 9.23 Å². The van der Waals surface area contributed by atoms with Gasteiger partial charge in [0.05, 0.1) is 0 Å². The Hall–Kier alpha value is 0.782. The molecule has 0 radical (unpaired) electrons. The summed E-state index contributed by atoms with van der Waals surface area (Å²) in [7, 11) is 1.82. The van der Waals surface area contributed by atoms with Gasteiger partial charge in [-0.25, -0.2) is 0 Å². The molecule has 0 saturated carbocycles. The van der Waals surface area contributed by atoms with Crippen molar-refractivity contribution in [3.05, 3.63) is 0 Å². The van der Waals surface area contributed by atoms with Gasteiger partial charge in [-0.3, -0.25) is 0 Å². The van der Waals surface area contributed by atoms with E-state index in [9.17, 15) is 0 Å². The second-order valence-corrected chi connectivity index (χ2v) is 5.02. The van der Waals surface area contributed by atoms with Gasteiger partial charge >= 0.3 is 14.5 Å². The fraction of sp³-hybridized carbons (Fsp3) is 1.00. The van der Waals surface area contributed by atoms with E-state index >= 15 is 0 Å². The minimum Gasteiger partial charge on any atom is -0.503 e. The fourth-order valence-corrected chi connectivity index (χ4v) is 1.87. The van der Waals surface area contributed by atoms with Gasteiger partial charge < -0.3 is 3.79 Å². The second kappa shape index (κ2) is 7.78. The molecule has 1 nitrogen and oxygen atoms in total. The van der Waals surface area contributed by atoms with E-state index in [1.54, 1.807) is 0 Å². The summed E-state index contributed by atoms with van der Waals surface area (Å²) in [5.41, 5.74) is 0. The second-order valence-electron chi connectivity index (χ2n) is 1.67. The van der Waals surface area contributed by atoms with Gasteiger partial charge in [0, 0.05) is 7.11 Å². The zero-order chi connectivity index (χ0) is 5.70. The van der Waals surface area contributed by atoms with E-state index in [1.165, 1.54) is 10.6 Å². The third kappa shape index (κ3) is 4.93. The van der Waals surface area contributed by atoms with Crippen LogP contribution in [-0.2, 0) is 3.79 Å². The van der Waals surface area contributed by atoms with E-state index < -0.39 is 14.5 Å². The van der Waals surface area contributed by atoms with Crippen LogP contribution in [0.1, 0.15) is 13.8 Å². The van der Waals surface area contributed by atoms with Crippen molar-refractivity contribution < 1.29 is 3.79 Å². The molecule has 0 bridgehead atoms. The smallest absolute Gasteiger partial charge is 0.460 e. The first-order chi connectivity index (χ1) is 3.35. The minimum atomic E-state index is -0.671. The molecule has 0 spiro atoms. The molecular formula is C5H14AlClO. The highest BCUT2D eigenvalue weighted by atomic mass is 35.5. The van der Waals surface area contributed by atoms with Crippen LogP contribution in [0.5, 0.6) is 0 Å². The molecular weight excluding hydrogens is 138 g/mol. The molecule has 0 atom stereocenters. The zero-order valence-electron chi connectivity index (χ0n) is 5.81. The van der Waals surface area contributed by atoms with Crippen molar-refractivity contribution in [1.82, 2.24) is 0 Å². The maximum Gasteiger partial charge on any atom is 0.460 e. The molecule has 50 valence electrons.